The first kappa shape index (κ1) is 42.3. The first-order chi connectivity index (χ1) is 26.6. The third kappa shape index (κ3) is 13.1. The molecule has 2 heterocycles. The number of aromatic carboxylic acids is 1. The molecule has 4 aromatic carbocycles. The Hall–Kier alpha value is -5.40. The topological polar surface area (TPSA) is 151 Å². The molecule has 2 saturated heterocycles. The van der Waals surface area contributed by atoms with Crippen LogP contribution in [0.25, 0.3) is 0 Å². The zero-order valence-electron chi connectivity index (χ0n) is 30.5. The highest BCUT2D eigenvalue weighted by Crippen LogP contribution is 2.29. The number of hydrogen-bond acceptors (Lipinski definition) is 7. The number of nitrogens with two attached hydrogens (primary N) is 1. The van der Waals surface area contributed by atoms with Crippen LogP contribution in [0.5, 0.6) is 0 Å². The van der Waals surface area contributed by atoms with E-state index in [0.717, 1.165) is 38.9 Å². The third-order valence-electron chi connectivity index (χ3n) is 9.54. The molecule has 2 aliphatic rings. The number of hydrogen-bond donors (Lipinski definition) is 5. The van der Waals surface area contributed by atoms with Crippen molar-refractivity contribution >= 4 is 11.9 Å². The summed E-state index contributed by atoms with van der Waals surface area (Å²) in [6.07, 6.45) is 3.27. The van der Waals surface area contributed by atoms with Crippen molar-refractivity contribution in [3.8, 4) is 23.7 Å². The number of carboxylic acid groups (broad SMARTS) is 1. The van der Waals surface area contributed by atoms with E-state index >= 15 is 0 Å². The highest BCUT2D eigenvalue weighted by atomic mass is 19.1. The van der Waals surface area contributed by atoms with Crippen molar-refractivity contribution in [3.63, 3.8) is 0 Å². The normalized spacial score (nSPS) is 15.1. The van der Waals surface area contributed by atoms with Crippen molar-refractivity contribution in [2.24, 2.45) is 16.6 Å². The summed E-state index contributed by atoms with van der Waals surface area (Å²) in [6.45, 7) is 3.93. The summed E-state index contributed by atoms with van der Waals surface area (Å²) >= 11 is 0. The van der Waals surface area contributed by atoms with Gasteiger partial charge in [-0.05, 0) is 98.5 Å². The van der Waals surface area contributed by atoms with E-state index in [9.17, 15) is 23.5 Å². The molecule has 6 N–H and O–H groups in total. The highest BCUT2D eigenvalue weighted by molar-refractivity contribution is 5.94. The number of nitrogens with one attached hydrogen (secondary N) is 1. The van der Waals surface area contributed by atoms with Gasteiger partial charge in [0.15, 0.2) is 0 Å². The zero-order chi connectivity index (χ0) is 39.5. The van der Waals surface area contributed by atoms with Gasteiger partial charge in [-0.15, -0.1) is 0 Å². The van der Waals surface area contributed by atoms with E-state index in [2.05, 4.69) is 29.0 Å². The summed E-state index contributed by atoms with van der Waals surface area (Å²) < 4.78 is 37.4. The maximum atomic E-state index is 13.6. The molecule has 0 radical (unpaired) electrons. The molecule has 4 aromatic rings. The van der Waals surface area contributed by atoms with E-state index in [1.807, 2.05) is 0 Å². The summed E-state index contributed by atoms with van der Waals surface area (Å²) in [6, 6.07) is 25.6. The number of halogens is 2. The number of amides is 1. The van der Waals surface area contributed by atoms with E-state index in [1.54, 1.807) is 72.8 Å². The SMILES string of the molecule is NCC1(CO)CCOCC1.O=C(NCC1(CO)CCOCC1)c1ccc(C#Cc2ccccc2F)cc1.O=C(O)c1ccc(C#Cc2ccccc2F)cc1. The van der Waals surface area contributed by atoms with E-state index in [-0.39, 0.29) is 47.1 Å². The minimum absolute atomic E-state index is 0.0290. The Labute approximate surface area is 320 Å². The fourth-order valence-electron chi connectivity index (χ4n) is 5.60. The van der Waals surface area contributed by atoms with Gasteiger partial charge in [0.05, 0.1) is 29.9 Å². The largest absolute Gasteiger partial charge is 0.478 e. The lowest BCUT2D eigenvalue weighted by molar-refractivity contribution is -0.0146. The third-order valence-corrected chi connectivity index (χ3v) is 9.54. The minimum atomic E-state index is -0.983. The molecule has 6 rings (SSSR count). The van der Waals surface area contributed by atoms with Crippen molar-refractivity contribution in [2.75, 3.05) is 52.7 Å². The highest BCUT2D eigenvalue weighted by Gasteiger charge is 2.32. The lowest BCUT2D eigenvalue weighted by Gasteiger charge is -2.35. The molecule has 2 aliphatic heterocycles. The van der Waals surface area contributed by atoms with E-state index in [4.69, 9.17) is 25.4 Å². The average Bonchev–Trinajstić information content (AvgIpc) is 3.23. The first-order valence-corrected chi connectivity index (χ1v) is 17.9. The fraction of sp³-hybridized carbons (Fsp3) is 0.318. The van der Waals surface area contributed by atoms with Gasteiger partial charge in [-0.3, -0.25) is 4.79 Å². The molecular weight excluding hydrogens is 706 g/mol. The van der Waals surface area contributed by atoms with E-state index in [0.29, 0.717) is 54.1 Å². The predicted octanol–water partition coefficient (Wildman–Crippen LogP) is 5.40. The van der Waals surface area contributed by atoms with Gasteiger partial charge in [0.2, 0.25) is 0 Å². The number of carboxylic acids is 1. The second kappa shape index (κ2) is 21.5. The van der Waals surface area contributed by atoms with Crippen LogP contribution < -0.4 is 11.1 Å². The number of benzene rings is 4. The maximum Gasteiger partial charge on any atom is 0.335 e. The molecule has 9 nitrogen and oxygen atoms in total. The molecule has 0 aromatic heterocycles. The summed E-state index contributed by atoms with van der Waals surface area (Å²) in [7, 11) is 0. The number of carbonyl (C=O) groups excluding carboxylic acids is 1. The van der Waals surface area contributed by atoms with Crippen molar-refractivity contribution in [3.05, 3.63) is 142 Å². The molecule has 55 heavy (non-hydrogen) atoms. The molecule has 0 spiro atoms. The number of carbonyl (C=O) groups is 2. The Morgan fingerprint density at radius 1 is 0.636 bits per heavy atom. The molecule has 0 bridgehead atoms. The Kier molecular flexibility index (Phi) is 16.5. The van der Waals surface area contributed by atoms with Crippen molar-refractivity contribution in [2.45, 2.75) is 25.7 Å². The predicted molar refractivity (Wildman–Crippen MR) is 205 cm³/mol. The summed E-state index contributed by atoms with van der Waals surface area (Å²) in [5, 5.41) is 30.3. The quantitative estimate of drug-likeness (QED) is 0.158. The number of rotatable bonds is 7. The minimum Gasteiger partial charge on any atom is -0.478 e. The van der Waals surface area contributed by atoms with Crippen LogP contribution >= 0.6 is 0 Å². The van der Waals surface area contributed by atoms with Gasteiger partial charge in [0, 0.05) is 67.0 Å². The number of ether oxygens (including phenoxy) is 2. The molecule has 11 heteroatoms. The van der Waals surface area contributed by atoms with Crippen LogP contribution in [0, 0.1) is 46.1 Å². The number of aliphatic hydroxyl groups excluding tert-OH is 2. The van der Waals surface area contributed by atoms with Gasteiger partial charge in [-0.2, -0.15) is 0 Å². The van der Waals surface area contributed by atoms with Gasteiger partial charge in [0.25, 0.3) is 5.91 Å². The van der Waals surface area contributed by atoms with Crippen molar-refractivity contribution in [1.29, 1.82) is 0 Å². The Morgan fingerprint density at radius 3 is 1.44 bits per heavy atom. The van der Waals surface area contributed by atoms with Crippen LogP contribution in [0.2, 0.25) is 0 Å². The van der Waals surface area contributed by atoms with Crippen molar-refractivity contribution in [1.82, 2.24) is 5.32 Å². The number of aliphatic hydroxyl groups is 2. The lowest BCUT2D eigenvalue weighted by atomic mass is 9.81. The second-order valence-corrected chi connectivity index (χ2v) is 13.3. The molecule has 2 fully saturated rings. The monoisotopic (exact) mass is 752 g/mol. The molecule has 0 unspecified atom stereocenters. The molecule has 0 aliphatic carbocycles. The average molecular weight is 753 g/mol. The van der Waals surface area contributed by atoms with Gasteiger partial charge >= 0.3 is 5.97 Å². The summed E-state index contributed by atoms with van der Waals surface area (Å²) in [5.41, 5.74) is 7.92. The Bertz CT molecular complexity index is 1960. The summed E-state index contributed by atoms with van der Waals surface area (Å²) in [4.78, 5) is 23.0. The molecule has 1 amide bonds. The van der Waals surface area contributed by atoms with E-state index in [1.165, 1.54) is 24.3 Å². The van der Waals surface area contributed by atoms with Gasteiger partial charge in [-0.25, -0.2) is 13.6 Å². The van der Waals surface area contributed by atoms with Crippen LogP contribution in [0.15, 0.2) is 97.1 Å². The summed E-state index contributed by atoms with van der Waals surface area (Å²) in [5.74, 6) is 9.28. The maximum absolute atomic E-state index is 13.6. The Balaban J connectivity index is 0.000000205. The van der Waals surface area contributed by atoms with Crippen LogP contribution in [0.4, 0.5) is 8.78 Å². The zero-order valence-corrected chi connectivity index (χ0v) is 30.5. The second-order valence-electron chi connectivity index (χ2n) is 13.3. The van der Waals surface area contributed by atoms with Gasteiger partial charge in [-0.1, -0.05) is 47.9 Å². The van der Waals surface area contributed by atoms with Gasteiger partial charge < -0.3 is 35.8 Å². The lowest BCUT2D eigenvalue weighted by Crippen LogP contribution is -2.43. The smallest absolute Gasteiger partial charge is 0.335 e. The van der Waals surface area contributed by atoms with Crippen LogP contribution in [-0.4, -0.2) is 79.9 Å². The van der Waals surface area contributed by atoms with E-state index < -0.39 is 5.97 Å². The molecule has 288 valence electrons. The first-order valence-electron chi connectivity index (χ1n) is 17.9. The van der Waals surface area contributed by atoms with Crippen LogP contribution in [0.1, 0.15) is 68.7 Å². The van der Waals surface area contributed by atoms with Crippen LogP contribution in [-0.2, 0) is 9.47 Å². The standard InChI is InChI=1S/C22H22FNO3.C15H9FO2.C7H15NO2/c23-20-4-2-1-3-18(20)8-5-17-6-9-19(10-7-17)21(26)24-15-22(16-25)11-13-27-14-12-22;16-14-4-2-1-3-12(14)8-5-11-6-9-13(10-7-11)15(17)18;8-5-7(6-9)1-3-10-4-2-7/h1-4,6-7,9-10,25H,11-16H2,(H,24,26);1-4,6-7,9-10H,(H,17,18);9H,1-6,8H2. The molecule has 0 atom stereocenters. The van der Waals surface area contributed by atoms with Crippen molar-refractivity contribution < 1.29 is 43.2 Å². The van der Waals surface area contributed by atoms with Crippen LogP contribution in [0.3, 0.4) is 0 Å². The Morgan fingerprint density at radius 2 is 1.05 bits per heavy atom. The molecular formula is C44H46F2N2O7. The fourth-order valence-corrected chi connectivity index (χ4v) is 5.60. The van der Waals surface area contributed by atoms with Gasteiger partial charge in [0.1, 0.15) is 11.6 Å². The molecule has 0 saturated carbocycles.